The van der Waals surface area contributed by atoms with Gasteiger partial charge in [-0.2, -0.15) is 0 Å². The lowest BCUT2D eigenvalue weighted by molar-refractivity contribution is 0.183. The van der Waals surface area contributed by atoms with Crippen molar-refractivity contribution in [3.63, 3.8) is 0 Å². The number of piperidine rings is 1. The van der Waals surface area contributed by atoms with Crippen LogP contribution in [0.1, 0.15) is 26.7 Å². The molecule has 2 rings (SSSR count). The van der Waals surface area contributed by atoms with Crippen LogP contribution in [0.4, 0.5) is 5.69 Å². The summed E-state index contributed by atoms with van der Waals surface area (Å²) >= 11 is 0. The number of likely N-dealkylation sites (tertiary alicyclic amines) is 1. The molecule has 1 aliphatic rings. The maximum atomic E-state index is 4.14. The molecular formula is C14H23N3. The van der Waals surface area contributed by atoms with Gasteiger partial charge in [-0.3, -0.25) is 4.98 Å². The zero-order valence-electron chi connectivity index (χ0n) is 10.9. The van der Waals surface area contributed by atoms with Crippen molar-refractivity contribution in [2.75, 3.05) is 25.0 Å². The fourth-order valence-electron chi connectivity index (χ4n) is 2.60. The summed E-state index contributed by atoms with van der Waals surface area (Å²) < 4.78 is 0. The summed E-state index contributed by atoms with van der Waals surface area (Å²) in [5.74, 6) is 0.790. The fraction of sp³-hybridized carbons (Fsp3) is 0.643. The summed E-state index contributed by atoms with van der Waals surface area (Å²) in [6, 6.07) is 4.61. The fourth-order valence-corrected chi connectivity index (χ4v) is 2.60. The summed E-state index contributed by atoms with van der Waals surface area (Å²) in [6.07, 6.45) is 6.33. The minimum Gasteiger partial charge on any atom is -0.381 e. The molecule has 3 nitrogen and oxygen atoms in total. The first-order chi connectivity index (χ1) is 8.29. The van der Waals surface area contributed by atoms with Crippen LogP contribution in [0.15, 0.2) is 24.5 Å². The third-order valence-corrected chi connectivity index (χ3v) is 3.84. The van der Waals surface area contributed by atoms with E-state index in [1.165, 1.54) is 32.5 Å². The summed E-state index contributed by atoms with van der Waals surface area (Å²) in [4.78, 5) is 6.67. The van der Waals surface area contributed by atoms with E-state index in [1.807, 2.05) is 18.5 Å². The highest BCUT2D eigenvalue weighted by atomic mass is 15.1. The molecule has 0 spiro atoms. The minimum absolute atomic E-state index is 0.540. The molecule has 0 radical (unpaired) electrons. The largest absolute Gasteiger partial charge is 0.381 e. The lowest BCUT2D eigenvalue weighted by Crippen LogP contribution is -2.39. The molecule has 1 fully saturated rings. The smallest absolute Gasteiger partial charge is 0.0528 e. The normalized spacial score (nSPS) is 20.1. The molecule has 1 saturated heterocycles. The Morgan fingerprint density at radius 3 is 2.82 bits per heavy atom. The van der Waals surface area contributed by atoms with Crippen molar-refractivity contribution in [3.05, 3.63) is 24.5 Å². The van der Waals surface area contributed by atoms with E-state index in [2.05, 4.69) is 35.1 Å². The maximum Gasteiger partial charge on any atom is 0.0528 e. The SMILES string of the molecule is CCN1CCC(C(C)Nc2cccnc2)CC1. The van der Waals surface area contributed by atoms with Crippen molar-refractivity contribution >= 4 is 5.69 Å². The highest BCUT2D eigenvalue weighted by Gasteiger charge is 2.22. The van der Waals surface area contributed by atoms with Gasteiger partial charge in [-0.1, -0.05) is 6.92 Å². The predicted octanol–water partition coefficient (Wildman–Crippen LogP) is 2.61. The highest BCUT2D eigenvalue weighted by molar-refractivity contribution is 5.40. The highest BCUT2D eigenvalue weighted by Crippen LogP contribution is 2.22. The van der Waals surface area contributed by atoms with Crippen molar-refractivity contribution < 1.29 is 0 Å². The van der Waals surface area contributed by atoms with Gasteiger partial charge in [0.1, 0.15) is 0 Å². The van der Waals surface area contributed by atoms with Crippen LogP contribution in [0.25, 0.3) is 0 Å². The molecule has 0 bridgehead atoms. The van der Waals surface area contributed by atoms with E-state index in [0.29, 0.717) is 6.04 Å². The van der Waals surface area contributed by atoms with E-state index >= 15 is 0 Å². The van der Waals surface area contributed by atoms with E-state index in [0.717, 1.165) is 11.6 Å². The van der Waals surface area contributed by atoms with Gasteiger partial charge in [-0.25, -0.2) is 0 Å². The van der Waals surface area contributed by atoms with Crippen molar-refractivity contribution in [3.8, 4) is 0 Å². The first-order valence-electron chi connectivity index (χ1n) is 6.68. The van der Waals surface area contributed by atoms with Crippen LogP contribution in [-0.2, 0) is 0 Å². The van der Waals surface area contributed by atoms with Crippen LogP contribution in [0.3, 0.4) is 0 Å². The summed E-state index contributed by atoms with van der Waals surface area (Å²) in [5, 5.41) is 3.56. The third kappa shape index (κ3) is 3.43. The molecule has 3 heteroatoms. The van der Waals surface area contributed by atoms with Gasteiger partial charge in [-0.05, 0) is 57.5 Å². The van der Waals surface area contributed by atoms with Crippen LogP contribution in [0, 0.1) is 5.92 Å². The van der Waals surface area contributed by atoms with Gasteiger partial charge >= 0.3 is 0 Å². The Balaban J connectivity index is 1.83. The lowest BCUT2D eigenvalue weighted by Gasteiger charge is -2.34. The average molecular weight is 233 g/mol. The van der Waals surface area contributed by atoms with Gasteiger partial charge < -0.3 is 10.2 Å². The monoisotopic (exact) mass is 233 g/mol. The molecule has 0 aromatic carbocycles. The van der Waals surface area contributed by atoms with Gasteiger partial charge in [0, 0.05) is 18.4 Å². The standard InChI is InChI=1S/C14H23N3/c1-3-17-9-6-13(7-10-17)12(2)16-14-5-4-8-15-11-14/h4-5,8,11-13,16H,3,6-7,9-10H2,1-2H3. The van der Waals surface area contributed by atoms with Crippen LogP contribution in [0.2, 0.25) is 0 Å². The van der Waals surface area contributed by atoms with Crippen molar-refractivity contribution in [1.29, 1.82) is 0 Å². The van der Waals surface area contributed by atoms with Gasteiger partial charge in [0.2, 0.25) is 0 Å². The Kier molecular flexibility index (Phi) is 4.37. The van der Waals surface area contributed by atoms with Gasteiger partial charge in [-0.15, -0.1) is 0 Å². The number of anilines is 1. The van der Waals surface area contributed by atoms with E-state index in [-0.39, 0.29) is 0 Å². The predicted molar refractivity (Wildman–Crippen MR) is 72.2 cm³/mol. The van der Waals surface area contributed by atoms with Crippen molar-refractivity contribution in [2.24, 2.45) is 5.92 Å². The molecule has 1 aliphatic heterocycles. The molecule has 1 N–H and O–H groups in total. The van der Waals surface area contributed by atoms with E-state index in [4.69, 9.17) is 0 Å². The molecule has 1 aromatic rings. The molecule has 2 heterocycles. The van der Waals surface area contributed by atoms with E-state index in [1.54, 1.807) is 0 Å². The van der Waals surface area contributed by atoms with Crippen LogP contribution < -0.4 is 5.32 Å². The van der Waals surface area contributed by atoms with Crippen LogP contribution in [-0.4, -0.2) is 35.6 Å². The second-order valence-corrected chi connectivity index (χ2v) is 4.95. The van der Waals surface area contributed by atoms with E-state index in [9.17, 15) is 0 Å². The first-order valence-corrected chi connectivity index (χ1v) is 6.68. The molecule has 1 atom stereocenters. The average Bonchev–Trinajstić information content (AvgIpc) is 2.40. The Morgan fingerprint density at radius 2 is 2.24 bits per heavy atom. The van der Waals surface area contributed by atoms with E-state index < -0.39 is 0 Å². The Morgan fingerprint density at radius 1 is 1.47 bits per heavy atom. The zero-order chi connectivity index (χ0) is 12.1. The van der Waals surface area contributed by atoms with Crippen molar-refractivity contribution in [2.45, 2.75) is 32.7 Å². The number of aromatic nitrogens is 1. The zero-order valence-corrected chi connectivity index (χ0v) is 10.9. The molecule has 0 saturated carbocycles. The molecule has 94 valence electrons. The quantitative estimate of drug-likeness (QED) is 0.866. The topological polar surface area (TPSA) is 28.2 Å². The van der Waals surface area contributed by atoms with Crippen molar-refractivity contribution in [1.82, 2.24) is 9.88 Å². The van der Waals surface area contributed by atoms with Crippen LogP contribution >= 0.6 is 0 Å². The number of nitrogens with one attached hydrogen (secondary N) is 1. The molecule has 17 heavy (non-hydrogen) atoms. The molecular weight excluding hydrogens is 210 g/mol. The summed E-state index contributed by atoms with van der Waals surface area (Å²) in [5.41, 5.74) is 1.14. The maximum absolute atomic E-state index is 4.14. The molecule has 0 aliphatic carbocycles. The first kappa shape index (κ1) is 12.4. The third-order valence-electron chi connectivity index (χ3n) is 3.84. The number of hydrogen-bond donors (Lipinski definition) is 1. The number of hydrogen-bond acceptors (Lipinski definition) is 3. The molecule has 0 amide bonds. The Bertz CT molecular complexity index is 317. The van der Waals surface area contributed by atoms with Gasteiger partial charge in [0.05, 0.1) is 5.69 Å². The summed E-state index contributed by atoms with van der Waals surface area (Å²) in [6.45, 7) is 8.23. The second kappa shape index (κ2) is 6.01. The number of pyridine rings is 1. The lowest BCUT2D eigenvalue weighted by atomic mass is 9.90. The number of rotatable bonds is 4. The minimum atomic E-state index is 0.540. The van der Waals surface area contributed by atoms with Gasteiger partial charge in [0.15, 0.2) is 0 Å². The second-order valence-electron chi connectivity index (χ2n) is 4.95. The van der Waals surface area contributed by atoms with Gasteiger partial charge in [0.25, 0.3) is 0 Å². The summed E-state index contributed by atoms with van der Waals surface area (Å²) in [7, 11) is 0. The molecule has 1 aromatic heterocycles. The Hall–Kier alpha value is -1.09. The molecule has 1 unspecified atom stereocenters. The van der Waals surface area contributed by atoms with Crippen LogP contribution in [0.5, 0.6) is 0 Å². The number of nitrogens with zero attached hydrogens (tertiary/aromatic N) is 2. The Labute approximate surface area is 104 Å².